The predicted octanol–water partition coefficient (Wildman–Crippen LogP) is 1.80. The lowest BCUT2D eigenvalue weighted by molar-refractivity contribution is -0.138. The second-order valence-electron chi connectivity index (χ2n) is 9.01. The minimum absolute atomic E-state index is 0.000179. The van der Waals surface area contributed by atoms with Crippen LogP contribution in [-0.2, 0) is 19.1 Å². The summed E-state index contributed by atoms with van der Waals surface area (Å²) in [5.74, 6) is -0.121. The third-order valence-corrected chi connectivity index (χ3v) is 6.64. The number of hydrogen-bond acceptors (Lipinski definition) is 5. The zero-order chi connectivity index (χ0) is 20.4. The highest BCUT2D eigenvalue weighted by molar-refractivity contribution is 5.79. The topological polar surface area (TPSA) is 71.1 Å². The number of hydrogen-bond donors (Lipinski definition) is 1. The summed E-state index contributed by atoms with van der Waals surface area (Å²) < 4.78 is 11.0. The summed E-state index contributed by atoms with van der Waals surface area (Å²) in [6.07, 6.45) is 10.4. The molecule has 0 radical (unpaired) electrons. The lowest BCUT2D eigenvalue weighted by atomic mass is 9.79. The van der Waals surface area contributed by atoms with Gasteiger partial charge in [0.2, 0.25) is 11.8 Å². The Balaban J connectivity index is 1.38. The van der Waals surface area contributed by atoms with Gasteiger partial charge in [-0.1, -0.05) is 19.3 Å². The maximum atomic E-state index is 12.3. The Labute approximate surface area is 175 Å². The summed E-state index contributed by atoms with van der Waals surface area (Å²) in [6, 6.07) is 0. The van der Waals surface area contributed by atoms with Gasteiger partial charge in [-0.15, -0.1) is 0 Å². The first-order valence-electron chi connectivity index (χ1n) is 11.6. The molecular weight excluding hydrogens is 370 g/mol. The summed E-state index contributed by atoms with van der Waals surface area (Å²) in [4.78, 5) is 29.0. The normalized spacial score (nSPS) is 23.4. The zero-order valence-corrected chi connectivity index (χ0v) is 18.0. The SMILES string of the molecule is O=C(COCC(=O)N1CCCCCC1)NCC1(CN2CCCCC2)CCOCC1. The molecule has 0 aliphatic carbocycles. The summed E-state index contributed by atoms with van der Waals surface area (Å²) >= 11 is 0. The van der Waals surface area contributed by atoms with Gasteiger partial charge in [0.1, 0.15) is 13.2 Å². The Kier molecular flexibility index (Phi) is 9.21. The molecule has 29 heavy (non-hydrogen) atoms. The van der Waals surface area contributed by atoms with E-state index in [9.17, 15) is 9.59 Å². The molecule has 0 aromatic heterocycles. The largest absolute Gasteiger partial charge is 0.381 e. The van der Waals surface area contributed by atoms with E-state index in [1.807, 2.05) is 4.90 Å². The number of nitrogens with one attached hydrogen (secondary N) is 1. The van der Waals surface area contributed by atoms with Crippen LogP contribution in [0.3, 0.4) is 0 Å². The highest BCUT2D eigenvalue weighted by Crippen LogP contribution is 2.32. The van der Waals surface area contributed by atoms with Crippen LogP contribution in [0.2, 0.25) is 0 Å². The lowest BCUT2D eigenvalue weighted by Gasteiger charge is -2.42. The van der Waals surface area contributed by atoms with Crippen molar-refractivity contribution in [2.24, 2.45) is 5.41 Å². The van der Waals surface area contributed by atoms with Crippen molar-refractivity contribution in [3.63, 3.8) is 0 Å². The van der Waals surface area contributed by atoms with E-state index >= 15 is 0 Å². The minimum atomic E-state index is -0.127. The fraction of sp³-hybridized carbons (Fsp3) is 0.909. The van der Waals surface area contributed by atoms with Crippen molar-refractivity contribution in [2.45, 2.75) is 57.8 Å². The van der Waals surface area contributed by atoms with Crippen LogP contribution in [0.4, 0.5) is 0 Å². The molecular formula is C22H39N3O4. The first-order valence-corrected chi connectivity index (χ1v) is 11.6. The van der Waals surface area contributed by atoms with Crippen molar-refractivity contribution >= 4 is 11.8 Å². The van der Waals surface area contributed by atoms with Crippen LogP contribution in [0.1, 0.15) is 57.8 Å². The van der Waals surface area contributed by atoms with Gasteiger partial charge in [-0.25, -0.2) is 0 Å². The van der Waals surface area contributed by atoms with E-state index in [2.05, 4.69) is 10.2 Å². The van der Waals surface area contributed by atoms with Gasteiger partial charge in [-0.3, -0.25) is 9.59 Å². The van der Waals surface area contributed by atoms with Gasteiger partial charge in [0, 0.05) is 44.8 Å². The van der Waals surface area contributed by atoms with Gasteiger partial charge in [-0.2, -0.15) is 0 Å². The third kappa shape index (κ3) is 7.54. The average molecular weight is 410 g/mol. The molecule has 3 rings (SSSR count). The third-order valence-electron chi connectivity index (χ3n) is 6.64. The highest BCUT2D eigenvalue weighted by Gasteiger charge is 2.35. The van der Waals surface area contributed by atoms with Crippen LogP contribution in [0.15, 0.2) is 0 Å². The summed E-state index contributed by atoms with van der Waals surface area (Å²) in [6.45, 7) is 7.15. The van der Waals surface area contributed by atoms with Crippen LogP contribution in [-0.4, -0.2) is 87.3 Å². The molecule has 0 aromatic rings. The number of nitrogens with zero attached hydrogens (tertiary/aromatic N) is 2. The quantitative estimate of drug-likeness (QED) is 0.662. The molecule has 1 N–H and O–H groups in total. The Morgan fingerprint density at radius 1 is 0.862 bits per heavy atom. The smallest absolute Gasteiger partial charge is 0.248 e. The van der Waals surface area contributed by atoms with Gasteiger partial charge in [-0.05, 0) is 51.6 Å². The van der Waals surface area contributed by atoms with Crippen LogP contribution in [0.5, 0.6) is 0 Å². The van der Waals surface area contributed by atoms with Gasteiger partial charge in [0.05, 0.1) is 0 Å². The predicted molar refractivity (Wildman–Crippen MR) is 112 cm³/mol. The Morgan fingerprint density at radius 3 is 2.17 bits per heavy atom. The Morgan fingerprint density at radius 2 is 1.48 bits per heavy atom. The number of carbonyl (C=O) groups is 2. The molecule has 0 aromatic carbocycles. The van der Waals surface area contributed by atoms with Crippen LogP contribution < -0.4 is 5.32 Å². The average Bonchev–Trinajstić information content (AvgIpc) is 3.03. The molecule has 3 aliphatic rings. The second kappa shape index (κ2) is 11.9. The van der Waals surface area contributed by atoms with Crippen LogP contribution in [0.25, 0.3) is 0 Å². The summed E-state index contributed by atoms with van der Waals surface area (Å²) in [7, 11) is 0. The molecule has 0 saturated carbocycles. The van der Waals surface area contributed by atoms with Crippen LogP contribution >= 0.6 is 0 Å². The molecule has 0 atom stereocenters. The molecule has 7 nitrogen and oxygen atoms in total. The van der Waals surface area contributed by atoms with Gasteiger partial charge < -0.3 is 24.6 Å². The standard InChI is InChI=1S/C22H39N3O4/c26-20(16-29-17-21(27)25-12-6-1-2-7-13-25)23-18-22(8-14-28-15-9-22)19-24-10-4-3-5-11-24/h1-19H2,(H,23,26). The molecule has 3 aliphatic heterocycles. The minimum Gasteiger partial charge on any atom is -0.381 e. The van der Waals surface area contributed by atoms with E-state index in [-0.39, 0.29) is 30.4 Å². The number of carbonyl (C=O) groups excluding carboxylic acids is 2. The number of ether oxygens (including phenoxy) is 2. The molecule has 0 bridgehead atoms. The molecule has 3 fully saturated rings. The fourth-order valence-electron chi connectivity index (χ4n) is 4.77. The Hall–Kier alpha value is -1.18. The monoisotopic (exact) mass is 409 g/mol. The van der Waals surface area contributed by atoms with Crippen molar-refractivity contribution in [1.82, 2.24) is 15.1 Å². The number of likely N-dealkylation sites (tertiary alicyclic amines) is 2. The van der Waals surface area contributed by atoms with Gasteiger partial charge >= 0.3 is 0 Å². The molecule has 7 heteroatoms. The van der Waals surface area contributed by atoms with Gasteiger partial charge in [0.15, 0.2) is 0 Å². The van der Waals surface area contributed by atoms with E-state index in [4.69, 9.17) is 9.47 Å². The number of piperidine rings is 1. The first kappa shape index (κ1) is 22.5. The number of amides is 2. The summed E-state index contributed by atoms with van der Waals surface area (Å²) in [5.41, 5.74) is 0.0904. The van der Waals surface area contributed by atoms with E-state index in [1.165, 1.54) is 32.1 Å². The van der Waals surface area contributed by atoms with Crippen molar-refractivity contribution in [1.29, 1.82) is 0 Å². The molecule has 0 spiro atoms. The highest BCUT2D eigenvalue weighted by atomic mass is 16.5. The van der Waals surface area contributed by atoms with Crippen molar-refractivity contribution in [3.05, 3.63) is 0 Å². The van der Waals surface area contributed by atoms with E-state index in [0.29, 0.717) is 6.54 Å². The van der Waals surface area contributed by atoms with E-state index < -0.39 is 0 Å². The molecule has 3 saturated heterocycles. The van der Waals surface area contributed by atoms with E-state index in [1.54, 1.807) is 0 Å². The van der Waals surface area contributed by atoms with E-state index in [0.717, 1.165) is 71.6 Å². The lowest BCUT2D eigenvalue weighted by Crippen LogP contribution is -2.50. The zero-order valence-electron chi connectivity index (χ0n) is 18.0. The maximum absolute atomic E-state index is 12.3. The maximum Gasteiger partial charge on any atom is 0.248 e. The first-order chi connectivity index (χ1) is 14.2. The molecule has 166 valence electrons. The van der Waals surface area contributed by atoms with Crippen LogP contribution in [0, 0.1) is 5.41 Å². The molecule has 0 unspecified atom stereocenters. The molecule has 3 heterocycles. The molecule has 2 amide bonds. The number of rotatable bonds is 8. The summed E-state index contributed by atoms with van der Waals surface area (Å²) in [5, 5.41) is 3.08. The Bertz CT molecular complexity index is 508. The fourth-order valence-corrected chi connectivity index (χ4v) is 4.77. The second-order valence-corrected chi connectivity index (χ2v) is 9.01. The van der Waals surface area contributed by atoms with Crippen molar-refractivity contribution in [3.8, 4) is 0 Å². The van der Waals surface area contributed by atoms with Crippen molar-refractivity contribution in [2.75, 3.05) is 65.7 Å². The van der Waals surface area contributed by atoms with Gasteiger partial charge in [0.25, 0.3) is 0 Å². The van der Waals surface area contributed by atoms with Crippen molar-refractivity contribution < 1.29 is 19.1 Å².